The van der Waals surface area contributed by atoms with Gasteiger partial charge in [0.25, 0.3) is 6.71 Å². The Hall–Kier alpha value is -7.76. The van der Waals surface area contributed by atoms with Crippen LogP contribution in [0.5, 0.6) is 0 Å². The largest absolute Gasteiger partial charge is 0.455 e. The molecule has 4 heterocycles. The summed E-state index contributed by atoms with van der Waals surface area (Å²) in [5.41, 5.74) is 30.9. The molecule has 4 nitrogen and oxygen atoms in total. The molecule has 2 aliphatic rings. The molecule has 0 amide bonds. The molecule has 8 aromatic carbocycles. The van der Waals surface area contributed by atoms with E-state index in [1.54, 1.807) is 0 Å². The van der Waals surface area contributed by atoms with Crippen molar-refractivity contribution >= 4 is 102 Å². The second-order valence-corrected chi connectivity index (χ2v) is 26.0. The van der Waals surface area contributed by atoms with Crippen molar-refractivity contribution in [3.63, 3.8) is 0 Å². The Kier molecular flexibility index (Phi) is 11.5. The fourth-order valence-electron chi connectivity index (χ4n) is 13.3. The molecule has 0 aliphatic carbocycles. The van der Waals surface area contributed by atoms with Crippen LogP contribution in [0, 0.1) is 48.5 Å². The van der Waals surface area contributed by atoms with Gasteiger partial charge in [-0.25, -0.2) is 0 Å². The number of rotatable bonds is 5. The lowest BCUT2D eigenvalue weighted by atomic mass is 9.33. The average Bonchev–Trinajstić information content (AvgIpc) is 3.53. The van der Waals surface area contributed by atoms with Crippen molar-refractivity contribution in [2.45, 2.75) is 127 Å². The zero-order valence-electron chi connectivity index (χ0n) is 48.9. The van der Waals surface area contributed by atoms with Gasteiger partial charge in [0.15, 0.2) is 0 Å². The van der Waals surface area contributed by atoms with Crippen LogP contribution in [0.25, 0.3) is 50.6 Å². The van der Waals surface area contributed by atoms with E-state index in [9.17, 15) is 0 Å². The molecule has 0 N–H and O–H groups in total. The molecule has 0 spiro atoms. The van der Waals surface area contributed by atoms with Crippen molar-refractivity contribution in [1.29, 1.82) is 0 Å². The molecule has 0 atom stereocenters. The molecule has 0 unspecified atom stereocenters. The van der Waals surface area contributed by atoms with Crippen LogP contribution in [0.15, 0.2) is 144 Å². The van der Waals surface area contributed by atoms with Crippen molar-refractivity contribution in [1.82, 2.24) is 4.57 Å². The number of aromatic nitrogens is 1. The summed E-state index contributed by atoms with van der Waals surface area (Å²) in [7, 11) is 0. The van der Waals surface area contributed by atoms with Crippen molar-refractivity contribution < 1.29 is 4.42 Å². The minimum atomic E-state index is -0.0830. The third-order valence-electron chi connectivity index (χ3n) is 17.2. The Morgan fingerprint density at radius 1 is 0.474 bits per heavy atom. The van der Waals surface area contributed by atoms with E-state index in [1.165, 1.54) is 123 Å². The Balaban J connectivity index is 1.24. The van der Waals surface area contributed by atoms with Crippen LogP contribution >= 0.6 is 0 Å². The monoisotopic (exact) mass is 1020 g/mol. The normalized spacial score (nSPS) is 13.9. The number of hydrogen-bond acceptors (Lipinski definition) is 3. The summed E-state index contributed by atoms with van der Waals surface area (Å²) in [6.07, 6.45) is 1.93. The minimum absolute atomic E-state index is 0.00449. The van der Waals surface area contributed by atoms with Crippen LogP contribution < -0.4 is 36.8 Å². The molecule has 0 radical (unpaired) electrons. The summed E-state index contributed by atoms with van der Waals surface area (Å²) in [5.74, 6) is 0. The number of hydrogen-bond donors (Lipinski definition) is 0. The molecule has 0 saturated carbocycles. The van der Waals surface area contributed by atoms with E-state index in [-0.39, 0.29) is 23.0 Å². The second-order valence-electron chi connectivity index (χ2n) is 26.0. The fourth-order valence-corrected chi connectivity index (χ4v) is 13.3. The Bertz CT molecular complexity index is 4280. The van der Waals surface area contributed by atoms with Crippen LogP contribution in [-0.2, 0) is 16.2 Å². The number of fused-ring (bicyclic) bond motifs is 8. The predicted molar refractivity (Wildman–Crippen MR) is 338 cm³/mol. The van der Waals surface area contributed by atoms with Crippen LogP contribution in [0.1, 0.15) is 124 Å². The highest BCUT2D eigenvalue weighted by molar-refractivity contribution is 7.00. The first-order valence-corrected chi connectivity index (χ1v) is 28.0. The topological polar surface area (TPSA) is 24.6 Å². The average molecular weight is 1020 g/mol. The van der Waals surface area contributed by atoms with Gasteiger partial charge in [0.1, 0.15) is 11.0 Å². The SMILES string of the molecule is C=C/C(c1cc(C)c(N2c3cc4c(cc3B3c5cc(C(C)(C)C)ccc5N(c5c(C)cc(C(C)(C)C)cc5C)c5cc(C)cc2c53)c2cc(C(C)(C)C)ccc2n4-c2c(C)cccc2C)c(C)c1)=c1/oc2ccccc2c1=C. The Labute approximate surface area is 463 Å². The number of benzene rings is 8. The molecule has 390 valence electrons. The van der Waals surface area contributed by atoms with Gasteiger partial charge in [-0.3, -0.25) is 0 Å². The maximum Gasteiger partial charge on any atom is 0.252 e. The molecular formula is C73H74BN3O. The standard InChI is InChI=1S/C73H74BN3O/c1-19-53(70-48(9)54-25-20-21-26-65(54)78-70)49-33-44(5)68(45(6)34-49)77-62-40-61-56(55-37-50(71(10,11)12)27-29-59(55)75(61)67-42(3)23-22-24-43(67)4)39-58(62)74-57-38-51(72(13,14)15)28-30-60(57)76(63-31-41(2)32-64(77)66(63)74)69-46(7)35-52(36-47(69)8)73(16,17)18/h19-40H,1,9H2,2-8,10-18H3/b70-53-. The van der Waals surface area contributed by atoms with Crippen LogP contribution in [0.4, 0.5) is 34.1 Å². The summed E-state index contributed by atoms with van der Waals surface area (Å²) in [5, 5.41) is 4.42. The van der Waals surface area contributed by atoms with Crippen LogP contribution in [0.3, 0.4) is 0 Å². The second kappa shape index (κ2) is 17.6. The molecule has 0 saturated heterocycles. The maximum atomic E-state index is 6.59. The third-order valence-corrected chi connectivity index (χ3v) is 17.2. The van der Waals surface area contributed by atoms with Gasteiger partial charge >= 0.3 is 0 Å². The molecule has 0 bridgehead atoms. The molecule has 78 heavy (non-hydrogen) atoms. The summed E-state index contributed by atoms with van der Waals surface area (Å²) >= 11 is 0. The summed E-state index contributed by atoms with van der Waals surface area (Å²) in [6, 6.07) is 49.1. The summed E-state index contributed by atoms with van der Waals surface area (Å²) < 4.78 is 9.16. The highest BCUT2D eigenvalue weighted by Crippen LogP contribution is 2.50. The molecule has 10 aromatic rings. The summed E-state index contributed by atoms with van der Waals surface area (Å²) in [4.78, 5) is 5.27. The van der Waals surface area contributed by atoms with Gasteiger partial charge < -0.3 is 18.8 Å². The van der Waals surface area contributed by atoms with Crippen molar-refractivity contribution in [3.05, 3.63) is 212 Å². The number of allylic oxidation sites excluding steroid dienone is 1. The highest BCUT2D eigenvalue weighted by atomic mass is 16.3. The van der Waals surface area contributed by atoms with Gasteiger partial charge in [0.2, 0.25) is 0 Å². The van der Waals surface area contributed by atoms with Crippen molar-refractivity contribution in [2.75, 3.05) is 9.80 Å². The van der Waals surface area contributed by atoms with Gasteiger partial charge in [0.05, 0.1) is 28.1 Å². The number of anilines is 6. The predicted octanol–water partition coefficient (Wildman–Crippen LogP) is 16.5. The lowest BCUT2D eigenvalue weighted by molar-refractivity contribution is 0.573. The number of furan rings is 1. The molecule has 2 aromatic heterocycles. The van der Waals surface area contributed by atoms with E-state index in [2.05, 4.69) is 247 Å². The summed E-state index contributed by atoms with van der Waals surface area (Å²) in [6.45, 7) is 45.8. The fraction of sp³-hybridized carbons (Fsp3) is 0.260. The van der Waals surface area contributed by atoms with Gasteiger partial charge in [-0.2, -0.15) is 0 Å². The number of aryl methyl sites for hydroxylation is 7. The molecule has 12 rings (SSSR count). The first-order chi connectivity index (χ1) is 36.8. The molecular weight excluding hydrogens is 946 g/mol. The first-order valence-electron chi connectivity index (χ1n) is 28.0. The van der Waals surface area contributed by atoms with E-state index < -0.39 is 0 Å². The quantitative estimate of drug-likeness (QED) is 0.161. The van der Waals surface area contributed by atoms with Gasteiger partial charge in [-0.05, 0) is 197 Å². The van der Waals surface area contributed by atoms with E-state index in [1.807, 2.05) is 24.3 Å². The Morgan fingerprint density at radius 3 is 1.60 bits per heavy atom. The smallest absolute Gasteiger partial charge is 0.252 e. The lowest BCUT2D eigenvalue weighted by Crippen LogP contribution is -2.61. The number of nitrogens with zero attached hydrogens (tertiary/aromatic N) is 3. The van der Waals surface area contributed by atoms with E-state index in [4.69, 9.17) is 4.42 Å². The highest BCUT2D eigenvalue weighted by Gasteiger charge is 2.45. The first kappa shape index (κ1) is 51.0. The van der Waals surface area contributed by atoms with Crippen molar-refractivity contribution in [2.24, 2.45) is 0 Å². The zero-order valence-corrected chi connectivity index (χ0v) is 48.9. The van der Waals surface area contributed by atoms with Gasteiger partial charge in [0, 0.05) is 49.7 Å². The molecule has 5 heteroatoms. The zero-order chi connectivity index (χ0) is 55.4. The van der Waals surface area contributed by atoms with Crippen molar-refractivity contribution in [3.8, 4) is 5.69 Å². The Morgan fingerprint density at radius 2 is 1.01 bits per heavy atom. The number of para-hydroxylation sites is 2. The van der Waals surface area contributed by atoms with Gasteiger partial charge in [-0.1, -0.05) is 154 Å². The van der Waals surface area contributed by atoms with E-state index in [0.29, 0.717) is 0 Å². The molecule has 2 aliphatic heterocycles. The minimum Gasteiger partial charge on any atom is -0.455 e. The van der Waals surface area contributed by atoms with E-state index in [0.717, 1.165) is 43.9 Å². The van der Waals surface area contributed by atoms with E-state index >= 15 is 0 Å². The van der Waals surface area contributed by atoms with Crippen LogP contribution in [-0.4, -0.2) is 11.3 Å². The third kappa shape index (κ3) is 7.77. The van der Waals surface area contributed by atoms with Gasteiger partial charge in [-0.15, -0.1) is 0 Å². The lowest BCUT2D eigenvalue weighted by Gasteiger charge is -2.46. The maximum absolute atomic E-state index is 6.59. The van der Waals surface area contributed by atoms with Crippen LogP contribution in [0.2, 0.25) is 0 Å². The molecule has 0 fully saturated rings.